The number of carbonyl (C=O) groups is 1. The maximum atomic E-state index is 12.5. The molecule has 0 bridgehead atoms. The summed E-state index contributed by atoms with van der Waals surface area (Å²) in [6.07, 6.45) is 1.29. The molecule has 0 atom stereocenters. The summed E-state index contributed by atoms with van der Waals surface area (Å²) in [6.45, 7) is -0.502. The van der Waals surface area contributed by atoms with E-state index < -0.39 is 15.5 Å². The molecule has 1 N–H and O–H groups in total. The van der Waals surface area contributed by atoms with Crippen LogP contribution in [0.1, 0.15) is 25.7 Å². The van der Waals surface area contributed by atoms with Crippen molar-refractivity contribution < 1.29 is 26.4 Å². The van der Waals surface area contributed by atoms with Crippen molar-refractivity contribution in [3.8, 4) is 0 Å². The number of hydrogen-bond acceptors (Lipinski definition) is 4. The average molecular weight is 445 g/mol. The van der Waals surface area contributed by atoms with Gasteiger partial charge in [-0.25, -0.2) is 8.42 Å². The molecule has 11 heteroatoms. The van der Waals surface area contributed by atoms with Gasteiger partial charge in [-0.05, 0) is 49.3 Å². The first-order valence-corrected chi connectivity index (χ1v) is 11.1. The Morgan fingerprint density at radius 2 is 1.81 bits per heavy atom. The summed E-state index contributed by atoms with van der Waals surface area (Å²) in [7, 11) is -5.29. The number of nitrogens with one attached hydrogen (secondary N) is 1. The normalized spacial score (nSPS) is 17.0. The largest absolute Gasteiger partial charge is 0.511 e. The van der Waals surface area contributed by atoms with Crippen LogP contribution in [-0.2, 0) is 14.8 Å². The highest BCUT2D eigenvalue weighted by Gasteiger charge is 2.50. The van der Waals surface area contributed by atoms with E-state index >= 15 is 0 Å². The molecule has 1 aromatic rings. The van der Waals surface area contributed by atoms with Crippen molar-refractivity contribution in [2.75, 3.05) is 18.8 Å². The van der Waals surface area contributed by atoms with Gasteiger partial charge in [0.25, 0.3) is 0 Å². The number of thioether (sulfide) groups is 1. The molecule has 0 aromatic heterocycles. The Kier molecular flexibility index (Phi) is 7.84. The summed E-state index contributed by atoms with van der Waals surface area (Å²) in [4.78, 5) is 13.0. The van der Waals surface area contributed by atoms with Crippen LogP contribution in [0.3, 0.4) is 0 Å². The molecule has 27 heavy (non-hydrogen) atoms. The van der Waals surface area contributed by atoms with Gasteiger partial charge >= 0.3 is 15.5 Å². The van der Waals surface area contributed by atoms with Gasteiger partial charge in [0.05, 0.1) is 0 Å². The van der Waals surface area contributed by atoms with Crippen LogP contribution in [0, 0.1) is 0 Å². The summed E-state index contributed by atoms with van der Waals surface area (Å²) in [5.41, 5.74) is -5.29. The van der Waals surface area contributed by atoms with E-state index in [1.807, 2.05) is 12.1 Å². The molecule has 1 aliphatic heterocycles. The summed E-state index contributed by atoms with van der Waals surface area (Å²) >= 11 is 7.41. The fourth-order valence-electron chi connectivity index (χ4n) is 2.64. The van der Waals surface area contributed by atoms with Crippen LogP contribution in [0.15, 0.2) is 29.2 Å². The van der Waals surface area contributed by atoms with Crippen molar-refractivity contribution >= 4 is 39.3 Å². The predicted molar refractivity (Wildman–Crippen MR) is 99.1 cm³/mol. The SMILES string of the molecule is O=C(CCCSc1ccc(Cl)cc1)NC1CCN(S(=O)(=O)C(F)(F)F)CC1. The molecule has 0 aliphatic carbocycles. The molecule has 1 aromatic carbocycles. The van der Waals surface area contributed by atoms with Gasteiger partial charge in [0.1, 0.15) is 0 Å². The second-order valence-corrected chi connectivity index (χ2v) is 9.63. The molecule has 152 valence electrons. The van der Waals surface area contributed by atoms with E-state index in [0.717, 1.165) is 10.6 Å². The van der Waals surface area contributed by atoms with Crippen LogP contribution in [0.4, 0.5) is 13.2 Å². The Morgan fingerprint density at radius 3 is 2.37 bits per heavy atom. The summed E-state index contributed by atoms with van der Waals surface area (Å²) < 4.78 is 60.7. The Morgan fingerprint density at radius 1 is 1.22 bits per heavy atom. The van der Waals surface area contributed by atoms with E-state index in [1.165, 1.54) is 0 Å². The number of nitrogens with zero attached hydrogens (tertiary/aromatic N) is 1. The first kappa shape index (κ1) is 22.3. The number of amides is 1. The first-order chi connectivity index (χ1) is 12.6. The van der Waals surface area contributed by atoms with Crippen molar-refractivity contribution in [3.63, 3.8) is 0 Å². The molecule has 1 amide bonds. The van der Waals surface area contributed by atoms with Crippen molar-refractivity contribution in [3.05, 3.63) is 29.3 Å². The fraction of sp³-hybridized carbons (Fsp3) is 0.562. The van der Waals surface area contributed by atoms with E-state index in [2.05, 4.69) is 5.32 Å². The fourth-order valence-corrected chi connectivity index (χ4v) is 4.60. The quantitative estimate of drug-likeness (QED) is 0.515. The van der Waals surface area contributed by atoms with Gasteiger partial charge in [-0.1, -0.05) is 11.6 Å². The van der Waals surface area contributed by atoms with Crippen LogP contribution < -0.4 is 5.32 Å². The van der Waals surface area contributed by atoms with Gasteiger partial charge in [-0.3, -0.25) is 4.79 Å². The minimum absolute atomic E-state index is 0.167. The molecule has 1 heterocycles. The number of halogens is 4. The molecule has 0 saturated carbocycles. The molecule has 1 saturated heterocycles. The van der Waals surface area contributed by atoms with E-state index in [0.29, 0.717) is 22.2 Å². The summed E-state index contributed by atoms with van der Waals surface area (Å²) in [5, 5.41) is 3.43. The Balaban J connectivity index is 1.66. The Hall–Kier alpha value is -0.970. The van der Waals surface area contributed by atoms with Gasteiger partial charge in [-0.2, -0.15) is 17.5 Å². The monoisotopic (exact) mass is 444 g/mol. The highest BCUT2D eigenvalue weighted by molar-refractivity contribution is 7.99. The molecule has 0 spiro atoms. The van der Waals surface area contributed by atoms with Crippen molar-refractivity contribution in [1.29, 1.82) is 0 Å². The van der Waals surface area contributed by atoms with Gasteiger partial charge in [-0.15, -0.1) is 11.8 Å². The lowest BCUT2D eigenvalue weighted by molar-refractivity contribution is -0.122. The van der Waals surface area contributed by atoms with Gasteiger partial charge < -0.3 is 5.32 Å². The second-order valence-electron chi connectivity index (χ2n) is 6.10. The Bertz CT molecular complexity index is 734. The minimum Gasteiger partial charge on any atom is -0.353 e. The molecule has 2 rings (SSSR count). The van der Waals surface area contributed by atoms with Crippen LogP contribution >= 0.6 is 23.4 Å². The van der Waals surface area contributed by atoms with Crippen LogP contribution in [0.5, 0.6) is 0 Å². The summed E-state index contributed by atoms with van der Waals surface area (Å²) in [6, 6.07) is 7.08. The lowest BCUT2D eigenvalue weighted by atomic mass is 10.1. The lowest BCUT2D eigenvalue weighted by Gasteiger charge is -2.31. The first-order valence-electron chi connectivity index (χ1n) is 8.34. The zero-order chi connectivity index (χ0) is 20.1. The number of hydrogen-bond donors (Lipinski definition) is 1. The number of piperidine rings is 1. The molecule has 5 nitrogen and oxygen atoms in total. The van der Waals surface area contributed by atoms with Gasteiger partial charge in [0.2, 0.25) is 5.91 Å². The lowest BCUT2D eigenvalue weighted by Crippen LogP contribution is -2.49. The molecule has 0 radical (unpaired) electrons. The number of carbonyl (C=O) groups excluding carboxylic acids is 1. The topological polar surface area (TPSA) is 66.5 Å². The standard InChI is InChI=1S/C16H20ClF3N2O3S2/c17-12-3-5-14(6-4-12)26-11-1-2-15(23)21-13-7-9-22(10-8-13)27(24,25)16(18,19)20/h3-6,13H,1-2,7-11H2,(H,21,23). The second kappa shape index (κ2) is 9.49. The van der Waals surface area contributed by atoms with Gasteiger partial charge in [0, 0.05) is 35.5 Å². The number of benzene rings is 1. The third kappa shape index (κ3) is 6.55. The number of alkyl halides is 3. The highest BCUT2D eigenvalue weighted by Crippen LogP contribution is 2.29. The van der Waals surface area contributed by atoms with Crippen molar-refractivity contribution in [2.24, 2.45) is 0 Å². The van der Waals surface area contributed by atoms with Crippen LogP contribution in [0.2, 0.25) is 5.02 Å². The van der Waals surface area contributed by atoms with E-state index in [1.54, 1.807) is 23.9 Å². The number of sulfonamides is 1. The van der Waals surface area contributed by atoms with E-state index in [9.17, 15) is 26.4 Å². The van der Waals surface area contributed by atoms with E-state index in [4.69, 9.17) is 11.6 Å². The Labute approximate surface area is 165 Å². The predicted octanol–water partition coefficient (Wildman–Crippen LogP) is 3.64. The molecule has 1 aliphatic rings. The van der Waals surface area contributed by atoms with E-state index in [-0.39, 0.29) is 37.9 Å². The van der Waals surface area contributed by atoms with Crippen molar-refractivity contribution in [2.45, 2.75) is 42.1 Å². The van der Waals surface area contributed by atoms with Crippen molar-refractivity contribution in [1.82, 2.24) is 9.62 Å². The maximum absolute atomic E-state index is 12.5. The van der Waals surface area contributed by atoms with Gasteiger partial charge in [0.15, 0.2) is 0 Å². The molecular formula is C16H20ClF3N2O3S2. The third-order valence-corrected chi connectivity index (χ3v) is 7.06. The average Bonchev–Trinajstić information content (AvgIpc) is 2.60. The summed E-state index contributed by atoms with van der Waals surface area (Å²) in [5.74, 6) is 0.570. The van der Waals surface area contributed by atoms with Crippen LogP contribution in [-0.4, -0.2) is 49.0 Å². The molecular weight excluding hydrogens is 425 g/mol. The zero-order valence-electron chi connectivity index (χ0n) is 14.3. The molecule has 0 unspecified atom stereocenters. The molecule has 1 fully saturated rings. The smallest absolute Gasteiger partial charge is 0.353 e. The van der Waals surface area contributed by atoms with Crippen LogP contribution in [0.25, 0.3) is 0 Å². The highest BCUT2D eigenvalue weighted by atomic mass is 35.5. The maximum Gasteiger partial charge on any atom is 0.511 e. The zero-order valence-corrected chi connectivity index (χ0v) is 16.7. The number of rotatable bonds is 7. The minimum atomic E-state index is -5.29. The third-order valence-electron chi connectivity index (χ3n) is 4.08.